The van der Waals surface area contributed by atoms with E-state index < -0.39 is 0 Å². The number of hydrogen-bond acceptors (Lipinski definition) is 2. The van der Waals surface area contributed by atoms with Crippen molar-refractivity contribution in [3.8, 4) is 0 Å². The second kappa shape index (κ2) is 4.19. The highest BCUT2D eigenvalue weighted by Gasteiger charge is 2.47. The molecule has 0 N–H and O–H groups in total. The van der Waals surface area contributed by atoms with Crippen molar-refractivity contribution >= 4 is 12.7 Å². The van der Waals surface area contributed by atoms with Gasteiger partial charge in [-0.25, -0.2) is 0 Å². The van der Waals surface area contributed by atoms with Crippen molar-refractivity contribution in [1.29, 1.82) is 0 Å². The van der Waals surface area contributed by atoms with Crippen LogP contribution in [0.3, 0.4) is 0 Å². The Morgan fingerprint density at radius 2 is 1.67 bits per heavy atom. The van der Waals surface area contributed by atoms with E-state index in [2.05, 4.69) is 32.4 Å². The molecule has 0 aromatic carbocycles. The van der Waals surface area contributed by atoms with Gasteiger partial charge in [0.15, 0.2) is 0 Å². The Bertz CT molecular complexity index is 230. The lowest BCUT2D eigenvalue weighted by Crippen LogP contribution is -2.24. The van der Waals surface area contributed by atoms with Crippen LogP contribution < -0.4 is 0 Å². The lowest BCUT2D eigenvalue weighted by atomic mass is 9.44. The maximum atomic E-state index is 11.1. The van der Waals surface area contributed by atoms with Gasteiger partial charge in [-0.1, -0.05) is 46.7 Å². The van der Waals surface area contributed by atoms with E-state index in [0.29, 0.717) is 24.0 Å². The molecular weight excluding hydrogens is 187 g/mol. The van der Waals surface area contributed by atoms with Crippen molar-refractivity contribution in [3.63, 3.8) is 0 Å². The first-order chi connectivity index (χ1) is 6.78. The molecule has 0 amide bonds. The third-order valence-electron chi connectivity index (χ3n) is 4.41. The molecule has 0 aromatic rings. The molecule has 1 aliphatic heterocycles. The van der Waals surface area contributed by atoms with Gasteiger partial charge in [-0.05, 0) is 10.8 Å². The van der Waals surface area contributed by atoms with Crippen LogP contribution in [0.5, 0.6) is 0 Å². The van der Waals surface area contributed by atoms with Gasteiger partial charge in [0.1, 0.15) is 6.71 Å². The van der Waals surface area contributed by atoms with Crippen molar-refractivity contribution in [2.45, 2.75) is 53.1 Å². The summed E-state index contributed by atoms with van der Waals surface area (Å²) in [5.74, 6) is -0.0717. The van der Waals surface area contributed by atoms with E-state index in [9.17, 15) is 4.79 Å². The summed E-state index contributed by atoms with van der Waals surface area (Å²) in [5, 5.41) is 0. The van der Waals surface area contributed by atoms with Crippen molar-refractivity contribution in [1.82, 2.24) is 0 Å². The summed E-state index contributed by atoms with van der Waals surface area (Å²) >= 11 is 0. The van der Waals surface area contributed by atoms with Gasteiger partial charge in [0, 0.05) is 6.42 Å². The topological polar surface area (TPSA) is 26.3 Å². The molecule has 86 valence electrons. The Morgan fingerprint density at radius 1 is 1.20 bits per heavy atom. The summed E-state index contributed by atoms with van der Waals surface area (Å²) in [6.07, 6.45) is 4.03. The zero-order valence-electron chi connectivity index (χ0n) is 10.7. The predicted octanol–water partition coefficient (Wildman–Crippen LogP) is 3.11. The van der Waals surface area contributed by atoms with Gasteiger partial charge in [-0.2, -0.15) is 0 Å². The number of carbonyl (C=O) groups excluding carboxylic acids is 1. The van der Waals surface area contributed by atoms with Crippen LogP contribution in [0.1, 0.15) is 34.1 Å². The van der Waals surface area contributed by atoms with Crippen molar-refractivity contribution in [3.05, 3.63) is 0 Å². The Kier molecular flexibility index (Phi) is 3.52. The average molecular weight is 210 g/mol. The summed E-state index contributed by atoms with van der Waals surface area (Å²) in [7, 11) is 1.46. The van der Waals surface area contributed by atoms with Gasteiger partial charge in [-0.15, -0.1) is 0 Å². The van der Waals surface area contributed by atoms with Crippen molar-refractivity contribution < 1.29 is 9.53 Å². The van der Waals surface area contributed by atoms with E-state index >= 15 is 0 Å². The van der Waals surface area contributed by atoms with Crippen LogP contribution in [-0.4, -0.2) is 19.8 Å². The Balaban J connectivity index is 2.46. The van der Waals surface area contributed by atoms with E-state index in [4.69, 9.17) is 0 Å². The van der Waals surface area contributed by atoms with Crippen LogP contribution in [0, 0.1) is 10.8 Å². The van der Waals surface area contributed by atoms with Crippen LogP contribution in [0.15, 0.2) is 0 Å². The monoisotopic (exact) mass is 210 g/mol. The fraction of sp³-hybridized carbons (Fsp3) is 0.917. The molecule has 0 saturated carbocycles. The first-order valence-corrected chi connectivity index (χ1v) is 5.85. The fourth-order valence-corrected chi connectivity index (χ4v) is 2.70. The first kappa shape index (κ1) is 12.6. The highest BCUT2D eigenvalue weighted by molar-refractivity contribution is 6.60. The third kappa shape index (κ3) is 2.76. The standard InChI is InChI=1S/C12H23BO2/c1-11(2)8-13(9-12(11,3)4)7-6-10(14)15-5/h6-9H2,1-5H3. The van der Waals surface area contributed by atoms with Gasteiger partial charge in [0.25, 0.3) is 0 Å². The summed E-state index contributed by atoms with van der Waals surface area (Å²) in [5.41, 5.74) is 0.793. The average Bonchev–Trinajstić information content (AvgIpc) is 2.31. The first-order valence-electron chi connectivity index (χ1n) is 5.85. The van der Waals surface area contributed by atoms with Crippen LogP contribution in [0.4, 0.5) is 0 Å². The molecule has 0 spiro atoms. The van der Waals surface area contributed by atoms with E-state index in [1.807, 2.05) is 0 Å². The second-order valence-electron chi connectivity index (χ2n) is 6.16. The SMILES string of the molecule is COC(=O)CCB1CC(C)(C)C(C)(C)C1. The fourth-order valence-electron chi connectivity index (χ4n) is 2.70. The number of ether oxygens (including phenoxy) is 1. The highest BCUT2D eigenvalue weighted by Crippen LogP contribution is 2.53. The quantitative estimate of drug-likeness (QED) is 0.528. The molecule has 0 radical (unpaired) electrons. The molecule has 0 bridgehead atoms. The summed E-state index contributed by atoms with van der Waals surface area (Å²) in [6.45, 7) is 10.0. The lowest BCUT2D eigenvalue weighted by Gasteiger charge is -2.35. The largest absolute Gasteiger partial charge is 0.469 e. The molecule has 1 aliphatic rings. The molecule has 0 unspecified atom stereocenters. The number of hydrogen-bond donors (Lipinski definition) is 0. The molecule has 0 aliphatic carbocycles. The van der Waals surface area contributed by atoms with Gasteiger partial charge in [0.2, 0.25) is 0 Å². The predicted molar refractivity (Wildman–Crippen MR) is 64.4 cm³/mol. The van der Waals surface area contributed by atoms with E-state index in [-0.39, 0.29) is 5.97 Å². The van der Waals surface area contributed by atoms with E-state index in [1.165, 1.54) is 19.8 Å². The Labute approximate surface area is 93.8 Å². The van der Waals surface area contributed by atoms with Crippen LogP contribution in [0.25, 0.3) is 0 Å². The molecular formula is C12H23BO2. The molecule has 3 heteroatoms. The number of esters is 1. The van der Waals surface area contributed by atoms with Crippen molar-refractivity contribution in [2.75, 3.05) is 7.11 Å². The molecule has 0 atom stereocenters. The molecule has 2 nitrogen and oxygen atoms in total. The Hall–Kier alpha value is -0.465. The molecule has 1 rings (SSSR count). The van der Waals surface area contributed by atoms with Crippen LogP contribution >= 0.6 is 0 Å². The smallest absolute Gasteiger partial charge is 0.304 e. The van der Waals surface area contributed by atoms with Gasteiger partial charge in [0.05, 0.1) is 7.11 Å². The summed E-state index contributed by atoms with van der Waals surface area (Å²) in [4.78, 5) is 11.1. The molecule has 1 fully saturated rings. The van der Waals surface area contributed by atoms with E-state index in [0.717, 1.165) is 6.32 Å². The zero-order chi connectivity index (χ0) is 11.7. The molecule has 0 aromatic heterocycles. The van der Waals surface area contributed by atoms with Crippen molar-refractivity contribution in [2.24, 2.45) is 10.8 Å². The van der Waals surface area contributed by atoms with Gasteiger partial charge < -0.3 is 4.74 Å². The molecule has 1 saturated heterocycles. The summed E-state index contributed by atoms with van der Waals surface area (Å²) in [6, 6.07) is 0. The normalized spacial score (nSPS) is 22.9. The maximum absolute atomic E-state index is 11.1. The third-order valence-corrected chi connectivity index (χ3v) is 4.41. The van der Waals surface area contributed by atoms with Crippen LogP contribution in [-0.2, 0) is 9.53 Å². The zero-order valence-corrected chi connectivity index (χ0v) is 10.7. The van der Waals surface area contributed by atoms with Gasteiger partial charge in [-0.3, -0.25) is 4.79 Å². The second-order valence-corrected chi connectivity index (χ2v) is 6.16. The highest BCUT2D eigenvalue weighted by atomic mass is 16.5. The maximum Gasteiger partial charge on any atom is 0.304 e. The number of methoxy groups -OCH3 is 1. The Morgan fingerprint density at radius 3 is 2.07 bits per heavy atom. The minimum Gasteiger partial charge on any atom is -0.469 e. The molecule has 15 heavy (non-hydrogen) atoms. The van der Waals surface area contributed by atoms with Gasteiger partial charge >= 0.3 is 5.97 Å². The minimum absolute atomic E-state index is 0.0717. The number of rotatable bonds is 3. The summed E-state index contributed by atoms with van der Waals surface area (Å²) < 4.78 is 4.68. The molecule has 1 heterocycles. The van der Waals surface area contributed by atoms with Crippen LogP contribution in [0.2, 0.25) is 19.0 Å². The number of carbonyl (C=O) groups is 1. The minimum atomic E-state index is -0.0717. The lowest BCUT2D eigenvalue weighted by molar-refractivity contribution is -0.140. The van der Waals surface area contributed by atoms with E-state index in [1.54, 1.807) is 0 Å².